The molecule has 0 spiro atoms. The first-order valence-electron chi connectivity index (χ1n) is 20.8. The zero-order valence-electron chi connectivity index (χ0n) is 36.4. The van der Waals surface area contributed by atoms with Crippen molar-refractivity contribution in [3.05, 3.63) is 69.8 Å². The van der Waals surface area contributed by atoms with Crippen molar-refractivity contribution in [1.29, 1.82) is 5.26 Å². The number of ether oxygens (including phenoxy) is 4. The van der Waals surface area contributed by atoms with E-state index in [-0.39, 0.29) is 27.5 Å². The number of nitriles is 1. The molecular weight excluding hydrogens is 749 g/mol. The van der Waals surface area contributed by atoms with Crippen molar-refractivity contribution in [2.75, 3.05) is 26.8 Å². The maximum atomic E-state index is 14.1. The van der Waals surface area contributed by atoms with E-state index in [4.69, 9.17) is 29.0 Å². The number of alkyl carbamates (subject to hydrolysis) is 1. The van der Waals surface area contributed by atoms with Gasteiger partial charge in [0.1, 0.15) is 11.2 Å². The van der Waals surface area contributed by atoms with Crippen LogP contribution in [0.5, 0.6) is 0 Å². The number of carbonyl (C=O) groups is 3. The smallest absolute Gasteiger partial charge is 0.407 e. The molecule has 13 nitrogen and oxygen atoms in total. The van der Waals surface area contributed by atoms with E-state index < -0.39 is 35.3 Å². The Bertz CT molecular complexity index is 2190. The van der Waals surface area contributed by atoms with Crippen molar-refractivity contribution in [2.24, 2.45) is 16.2 Å². The highest BCUT2D eigenvalue weighted by molar-refractivity contribution is 5.96. The molecule has 3 unspecified atom stereocenters. The number of fused-ring (bicyclic) bond motifs is 1. The van der Waals surface area contributed by atoms with E-state index >= 15 is 0 Å². The third kappa shape index (κ3) is 8.62. The molecule has 4 saturated carbocycles. The van der Waals surface area contributed by atoms with Crippen LogP contribution in [-0.4, -0.2) is 76.4 Å². The molecule has 2 aromatic heterocycles. The third-order valence-corrected chi connectivity index (χ3v) is 12.4. The van der Waals surface area contributed by atoms with E-state index in [1.54, 1.807) is 12.1 Å². The number of esters is 2. The van der Waals surface area contributed by atoms with Gasteiger partial charge >= 0.3 is 18.0 Å². The molecule has 5 aliphatic rings. The topological polar surface area (TPSA) is 167 Å². The van der Waals surface area contributed by atoms with Crippen LogP contribution in [0.2, 0.25) is 0 Å². The third-order valence-electron chi connectivity index (χ3n) is 12.4. The predicted molar refractivity (Wildman–Crippen MR) is 221 cm³/mol. The second-order valence-electron chi connectivity index (χ2n) is 20.4. The van der Waals surface area contributed by atoms with Gasteiger partial charge in [-0.05, 0) is 145 Å². The monoisotopic (exact) mass is 808 g/mol. The standard InChI is InChI=1S/C46H60N6O7/c1-28-33(20-50-52(28)27-45-22-43(8)21-44(9,23-45)25-46(24-43,26-45)57-18-17-49-40(55)59-42(5,6)7)31-13-14-34(51-36(31)39(54)58-41(2,3)4)37-35-30(15-16-48-37)29(19-47)11-12-32(35)38(53)56-10/h11-14,20,37,48H,15-18,21-27H2,1-10H3,(H,49,55). The van der Waals surface area contributed by atoms with Crippen molar-refractivity contribution in [3.8, 4) is 17.2 Å². The van der Waals surface area contributed by atoms with Gasteiger partial charge in [0, 0.05) is 36.5 Å². The van der Waals surface area contributed by atoms with Gasteiger partial charge in [0.05, 0.1) is 54.4 Å². The number of aromatic nitrogens is 3. The maximum absolute atomic E-state index is 14.1. The van der Waals surface area contributed by atoms with E-state index in [2.05, 4.69) is 35.2 Å². The summed E-state index contributed by atoms with van der Waals surface area (Å²) in [5.74, 6) is -1.08. The number of carbonyl (C=O) groups excluding carboxylic acids is 3. The normalized spacial score (nSPS) is 27.1. The van der Waals surface area contributed by atoms with E-state index in [9.17, 15) is 19.6 Å². The largest absolute Gasteiger partial charge is 0.465 e. The molecule has 4 aliphatic carbocycles. The molecule has 1 aromatic carbocycles. The van der Waals surface area contributed by atoms with Gasteiger partial charge in [-0.1, -0.05) is 13.8 Å². The molecule has 8 rings (SSSR count). The van der Waals surface area contributed by atoms with Gasteiger partial charge in [-0.3, -0.25) is 4.68 Å². The average Bonchev–Trinajstić information content (AvgIpc) is 3.47. The molecular formula is C46H60N6O7. The van der Waals surface area contributed by atoms with Crippen LogP contribution < -0.4 is 10.6 Å². The lowest BCUT2D eigenvalue weighted by Gasteiger charge is -2.69. The zero-order valence-corrected chi connectivity index (χ0v) is 36.4. The summed E-state index contributed by atoms with van der Waals surface area (Å²) in [6.07, 6.45) is 8.11. The van der Waals surface area contributed by atoms with Crippen LogP contribution in [0.25, 0.3) is 11.1 Å². The highest BCUT2D eigenvalue weighted by Gasteiger charge is 2.66. The highest BCUT2D eigenvalue weighted by atomic mass is 16.6. The van der Waals surface area contributed by atoms with Gasteiger partial charge in [0.2, 0.25) is 0 Å². The minimum atomic E-state index is -0.782. The Morgan fingerprint density at radius 2 is 1.63 bits per heavy atom. The molecule has 3 aromatic rings. The Morgan fingerprint density at radius 3 is 2.27 bits per heavy atom. The number of rotatable bonds is 10. The molecule has 4 bridgehead atoms. The Labute approximate surface area is 347 Å². The number of pyridine rings is 1. The lowest BCUT2D eigenvalue weighted by atomic mass is 9.39. The van der Waals surface area contributed by atoms with E-state index in [1.807, 2.05) is 66.8 Å². The second-order valence-corrected chi connectivity index (χ2v) is 20.4. The summed E-state index contributed by atoms with van der Waals surface area (Å²) in [5.41, 5.74) is 3.71. The van der Waals surface area contributed by atoms with Crippen molar-refractivity contribution in [3.63, 3.8) is 0 Å². The molecule has 1 aliphatic heterocycles. The molecule has 3 heterocycles. The average molecular weight is 809 g/mol. The second kappa shape index (κ2) is 15.0. The maximum Gasteiger partial charge on any atom is 0.407 e. The van der Waals surface area contributed by atoms with Crippen molar-refractivity contribution < 1.29 is 33.3 Å². The molecule has 0 radical (unpaired) electrons. The lowest BCUT2D eigenvalue weighted by molar-refractivity contribution is -0.247. The van der Waals surface area contributed by atoms with Gasteiger partial charge in [0.15, 0.2) is 5.69 Å². The van der Waals surface area contributed by atoms with Gasteiger partial charge in [0.25, 0.3) is 0 Å². The minimum absolute atomic E-state index is 0.0549. The van der Waals surface area contributed by atoms with Crippen LogP contribution in [0.15, 0.2) is 30.5 Å². The summed E-state index contributed by atoms with van der Waals surface area (Å²) in [7, 11) is 1.33. The summed E-state index contributed by atoms with van der Waals surface area (Å²) in [6.45, 7) is 19.9. The van der Waals surface area contributed by atoms with E-state index in [1.165, 1.54) is 7.11 Å². The van der Waals surface area contributed by atoms with Crippen LogP contribution in [0.3, 0.4) is 0 Å². The first-order chi connectivity index (χ1) is 27.6. The fourth-order valence-corrected chi connectivity index (χ4v) is 11.8. The predicted octanol–water partition coefficient (Wildman–Crippen LogP) is 7.76. The van der Waals surface area contributed by atoms with Crippen LogP contribution in [-0.2, 0) is 31.9 Å². The molecule has 2 N–H and O–H groups in total. The zero-order chi connectivity index (χ0) is 42.8. The van der Waals surface area contributed by atoms with Gasteiger partial charge < -0.3 is 29.6 Å². The fourth-order valence-electron chi connectivity index (χ4n) is 11.8. The van der Waals surface area contributed by atoms with E-state index in [0.717, 1.165) is 55.3 Å². The number of hydrogen-bond acceptors (Lipinski definition) is 11. The highest BCUT2D eigenvalue weighted by Crippen LogP contribution is 2.72. The molecule has 59 heavy (non-hydrogen) atoms. The Hall–Kier alpha value is -4.80. The van der Waals surface area contributed by atoms with Crippen LogP contribution in [0.4, 0.5) is 4.79 Å². The first kappa shape index (κ1) is 42.3. The van der Waals surface area contributed by atoms with E-state index in [0.29, 0.717) is 60.6 Å². The fraction of sp³-hybridized carbons (Fsp3) is 0.609. The first-order valence-corrected chi connectivity index (χ1v) is 20.8. The molecule has 1 amide bonds. The van der Waals surface area contributed by atoms with Crippen LogP contribution in [0.1, 0.15) is 149 Å². The molecule has 13 heteroatoms. The molecule has 3 atom stereocenters. The summed E-state index contributed by atoms with van der Waals surface area (Å²) in [6, 6.07) is 8.71. The summed E-state index contributed by atoms with van der Waals surface area (Å²) < 4.78 is 25.4. The lowest BCUT2D eigenvalue weighted by Crippen LogP contribution is -2.64. The van der Waals surface area contributed by atoms with Gasteiger partial charge in [-0.2, -0.15) is 10.4 Å². The molecule has 0 saturated heterocycles. The van der Waals surface area contributed by atoms with Crippen LogP contribution >= 0.6 is 0 Å². The van der Waals surface area contributed by atoms with Crippen molar-refractivity contribution >= 4 is 18.0 Å². The number of amides is 1. The van der Waals surface area contributed by atoms with Gasteiger partial charge in [-0.15, -0.1) is 0 Å². The Kier molecular flexibility index (Phi) is 10.8. The SMILES string of the molecule is COC(=O)c1ccc(C#N)c2c1C(c1ccc(-c3cnn(CC45CC6(C)CC(C)(C4)CC(OCCNC(=O)OC(C)(C)C)(C6)C5)c3C)c(C(=O)OC(C)(C)C)n1)NCC2. The quantitative estimate of drug-likeness (QED) is 0.117. The van der Waals surface area contributed by atoms with Crippen molar-refractivity contribution in [2.45, 2.75) is 137 Å². The molecule has 4 fully saturated rings. The van der Waals surface area contributed by atoms with Crippen molar-refractivity contribution in [1.82, 2.24) is 25.4 Å². The summed E-state index contributed by atoms with van der Waals surface area (Å²) >= 11 is 0. The summed E-state index contributed by atoms with van der Waals surface area (Å²) in [4.78, 5) is 44.4. The summed E-state index contributed by atoms with van der Waals surface area (Å²) in [5, 5.41) is 21.3. The molecule has 316 valence electrons. The van der Waals surface area contributed by atoms with Gasteiger partial charge in [-0.25, -0.2) is 19.4 Å². The number of nitrogens with one attached hydrogen (secondary N) is 2. The number of benzene rings is 1. The minimum Gasteiger partial charge on any atom is -0.465 e. The number of nitrogens with zero attached hydrogens (tertiary/aromatic N) is 4. The number of hydrogen-bond donors (Lipinski definition) is 2. The number of methoxy groups -OCH3 is 1. The Balaban J connectivity index is 1.20. The Morgan fingerprint density at radius 1 is 0.932 bits per heavy atom. The van der Waals surface area contributed by atoms with Crippen LogP contribution in [0, 0.1) is 34.5 Å².